The molecule has 7 heteroatoms. The van der Waals surface area contributed by atoms with Crippen LogP contribution in [0.3, 0.4) is 0 Å². The second kappa shape index (κ2) is 6.86. The van der Waals surface area contributed by atoms with Crippen LogP contribution in [0.15, 0.2) is 0 Å². The third kappa shape index (κ3) is 4.80. The van der Waals surface area contributed by atoms with Gasteiger partial charge in [0.05, 0.1) is 5.60 Å². The minimum atomic E-state index is -0.297. The molecule has 0 aromatic carbocycles. The van der Waals surface area contributed by atoms with Crippen molar-refractivity contribution in [1.29, 1.82) is 0 Å². The first-order chi connectivity index (χ1) is 8.91. The number of aromatic nitrogens is 3. The Morgan fingerprint density at radius 3 is 2.37 bits per heavy atom. The number of nitrogens with zero attached hydrogens (tertiary/aromatic N) is 4. The summed E-state index contributed by atoms with van der Waals surface area (Å²) in [5, 5.41) is 3.31. The highest BCUT2D eigenvalue weighted by molar-refractivity contribution is 6.28. The van der Waals surface area contributed by atoms with Gasteiger partial charge in [-0.05, 0) is 39.3 Å². The van der Waals surface area contributed by atoms with E-state index >= 15 is 0 Å². The van der Waals surface area contributed by atoms with E-state index in [1.54, 1.807) is 7.11 Å². The van der Waals surface area contributed by atoms with Crippen LogP contribution in [0, 0.1) is 0 Å². The number of nitrogens with one attached hydrogen (secondary N) is 1. The first kappa shape index (κ1) is 15.9. The predicted molar refractivity (Wildman–Crippen MR) is 78.0 cm³/mol. The van der Waals surface area contributed by atoms with E-state index < -0.39 is 0 Å². The minimum Gasteiger partial charge on any atom is -0.377 e. The summed E-state index contributed by atoms with van der Waals surface area (Å²) in [5.74, 6) is 1.05. The molecule has 0 radical (unpaired) electrons. The fourth-order valence-electron chi connectivity index (χ4n) is 1.43. The van der Waals surface area contributed by atoms with Gasteiger partial charge in [-0.3, -0.25) is 0 Å². The molecular formula is C12H22ClN5O. The number of hydrogen-bond donors (Lipinski definition) is 1. The Kier molecular flexibility index (Phi) is 5.75. The summed E-state index contributed by atoms with van der Waals surface area (Å²) < 4.78 is 5.33. The smallest absolute Gasteiger partial charge is 0.231 e. The molecule has 0 unspecified atom stereocenters. The monoisotopic (exact) mass is 287 g/mol. The highest BCUT2D eigenvalue weighted by Gasteiger charge is 2.17. The Bertz CT molecular complexity index is 409. The second-order valence-corrected chi connectivity index (χ2v) is 5.06. The average Bonchev–Trinajstić information content (AvgIpc) is 2.37. The van der Waals surface area contributed by atoms with Crippen molar-refractivity contribution in [3.8, 4) is 0 Å². The molecule has 0 aliphatic carbocycles. The topological polar surface area (TPSA) is 63.2 Å². The molecule has 1 aromatic heterocycles. The van der Waals surface area contributed by atoms with Crippen LogP contribution in [-0.4, -0.2) is 47.3 Å². The molecule has 1 aromatic rings. The molecule has 0 aliphatic heterocycles. The largest absolute Gasteiger partial charge is 0.377 e. The van der Waals surface area contributed by atoms with E-state index in [4.69, 9.17) is 16.3 Å². The second-order valence-electron chi connectivity index (χ2n) is 4.72. The minimum absolute atomic E-state index is 0.189. The van der Waals surface area contributed by atoms with Gasteiger partial charge in [0.25, 0.3) is 0 Å². The predicted octanol–water partition coefficient (Wildman–Crippen LogP) is 2.21. The highest BCUT2D eigenvalue weighted by Crippen LogP contribution is 2.15. The van der Waals surface area contributed by atoms with Gasteiger partial charge >= 0.3 is 0 Å². The van der Waals surface area contributed by atoms with E-state index in [1.807, 2.05) is 32.6 Å². The van der Waals surface area contributed by atoms with Gasteiger partial charge < -0.3 is 15.0 Å². The molecular weight excluding hydrogens is 266 g/mol. The summed E-state index contributed by atoms with van der Waals surface area (Å²) in [5.41, 5.74) is -0.297. The van der Waals surface area contributed by atoms with Gasteiger partial charge in [-0.2, -0.15) is 15.0 Å². The molecule has 0 amide bonds. The molecule has 19 heavy (non-hydrogen) atoms. The zero-order valence-corrected chi connectivity index (χ0v) is 13.0. The third-order valence-electron chi connectivity index (χ3n) is 2.87. The maximum atomic E-state index is 5.93. The van der Waals surface area contributed by atoms with Gasteiger partial charge in [0.2, 0.25) is 17.2 Å². The lowest BCUT2D eigenvalue weighted by molar-refractivity contribution is 0.0342. The first-order valence-corrected chi connectivity index (χ1v) is 6.75. The summed E-state index contributed by atoms with van der Waals surface area (Å²) in [6.45, 7) is 10.3. The Labute approximate surface area is 119 Å². The SMILES string of the molecule is CCN(CC)c1nc(Cl)nc(NCC(C)(C)OC)n1. The fourth-order valence-corrected chi connectivity index (χ4v) is 1.59. The molecule has 1 N–H and O–H groups in total. The maximum absolute atomic E-state index is 5.93. The molecule has 6 nitrogen and oxygen atoms in total. The molecule has 0 spiro atoms. The summed E-state index contributed by atoms with van der Waals surface area (Å²) >= 11 is 5.93. The molecule has 0 aliphatic rings. The quantitative estimate of drug-likeness (QED) is 0.829. The van der Waals surface area contributed by atoms with Crippen molar-refractivity contribution in [3.05, 3.63) is 5.28 Å². The van der Waals surface area contributed by atoms with Gasteiger partial charge in [-0.1, -0.05) is 0 Å². The van der Waals surface area contributed by atoms with Crippen LogP contribution in [0.1, 0.15) is 27.7 Å². The molecule has 0 saturated heterocycles. The summed E-state index contributed by atoms with van der Waals surface area (Å²) in [7, 11) is 1.67. The average molecular weight is 288 g/mol. The molecule has 108 valence electrons. The Morgan fingerprint density at radius 1 is 1.21 bits per heavy atom. The number of hydrogen-bond acceptors (Lipinski definition) is 6. The number of halogens is 1. The van der Waals surface area contributed by atoms with Crippen LogP contribution in [0.2, 0.25) is 5.28 Å². The van der Waals surface area contributed by atoms with Crippen molar-refractivity contribution < 1.29 is 4.74 Å². The zero-order valence-electron chi connectivity index (χ0n) is 12.2. The molecule has 1 heterocycles. The zero-order chi connectivity index (χ0) is 14.5. The molecule has 1 rings (SSSR count). The van der Waals surface area contributed by atoms with E-state index in [2.05, 4.69) is 20.3 Å². The number of methoxy groups -OCH3 is 1. The molecule has 0 saturated carbocycles. The molecule has 0 fully saturated rings. The number of ether oxygens (including phenoxy) is 1. The summed E-state index contributed by atoms with van der Waals surface area (Å²) in [6.07, 6.45) is 0. The van der Waals surface area contributed by atoms with Crippen LogP contribution >= 0.6 is 11.6 Å². The standard InChI is InChI=1S/C12H22ClN5O/c1-6-18(7-2)11-16-9(13)15-10(17-11)14-8-12(3,4)19-5/h6-8H2,1-5H3,(H,14,15,16,17). The van der Waals surface area contributed by atoms with Gasteiger partial charge in [-0.15, -0.1) is 0 Å². The van der Waals surface area contributed by atoms with E-state index in [9.17, 15) is 0 Å². The van der Waals surface area contributed by atoms with E-state index in [1.165, 1.54) is 0 Å². The van der Waals surface area contributed by atoms with Gasteiger partial charge in [0.1, 0.15) is 0 Å². The Morgan fingerprint density at radius 2 is 1.84 bits per heavy atom. The lowest BCUT2D eigenvalue weighted by Gasteiger charge is -2.23. The molecule has 0 bridgehead atoms. The highest BCUT2D eigenvalue weighted by atomic mass is 35.5. The van der Waals surface area contributed by atoms with Crippen molar-refractivity contribution in [1.82, 2.24) is 15.0 Å². The van der Waals surface area contributed by atoms with Crippen molar-refractivity contribution in [2.75, 3.05) is 37.0 Å². The van der Waals surface area contributed by atoms with Crippen LogP contribution in [0.5, 0.6) is 0 Å². The van der Waals surface area contributed by atoms with E-state index in [-0.39, 0.29) is 10.9 Å². The van der Waals surface area contributed by atoms with E-state index in [0.717, 1.165) is 13.1 Å². The van der Waals surface area contributed by atoms with Crippen molar-refractivity contribution in [3.63, 3.8) is 0 Å². The number of rotatable bonds is 7. The van der Waals surface area contributed by atoms with Crippen molar-refractivity contribution >= 4 is 23.5 Å². The normalized spacial score (nSPS) is 11.5. The van der Waals surface area contributed by atoms with Crippen LogP contribution in [0.4, 0.5) is 11.9 Å². The van der Waals surface area contributed by atoms with Crippen LogP contribution < -0.4 is 10.2 Å². The Balaban J connectivity index is 2.85. The third-order valence-corrected chi connectivity index (χ3v) is 3.04. The van der Waals surface area contributed by atoms with E-state index in [0.29, 0.717) is 18.4 Å². The molecule has 0 atom stereocenters. The van der Waals surface area contributed by atoms with Crippen molar-refractivity contribution in [2.24, 2.45) is 0 Å². The Hall–Kier alpha value is -1.14. The first-order valence-electron chi connectivity index (χ1n) is 6.37. The fraction of sp³-hybridized carbons (Fsp3) is 0.750. The van der Waals surface area contributed by atoms with Gasteiger partial charge in [0, 0.05) is 26.7 Å². The summed E-state index contributed by atoms with van der Waals surface area (Å²) in [4.78, 5) is 14.6. The lowest BCUT2D eigenvalue weighted by atomic mass is 10.1. The van der Waals surface area contributed by atoms with Crippen LogP contribution in [0.25, 0.3) is 0 Å². The maximum Gasteiger partial charge on any atom is 0.231 e. The number of anilines is 2. The van der Waals surface area contributed by atoms with Crippen molar-refractivity contribution in [2.45, 2.75) is 33.3 Å². The summed E-state index contributed by atoms with van der Waals surface area (Å²) in [6, 6.07) is 0. The van der Waals surface area contributed by atoms with Gasteiger partial charge in [0.15, 0.2) is 0 Å². The lowest BCUT2D eigenvalue weighted by Crippen LogP contribution is -2.33. The van der Waals surface area contributed by atoms with Crippen LogP contribution in [-0.2, 0) is 4.74 Å². The van der Waals surface area contributed by atoms with Gasteiger partial charge in [-0.25, -0.2) is 0 Å².